The fraction of sp³-hybridized carbons (Fsp3) is 0.545. The lowest BCUT2D eigenvalue weighted by Gasteiger charge is -2.14. The predicted octanol–water partition coefficient (Wildman–Crippen LogP) is 1.73. The summed E-state index contributed by atoms with van der Waals surface area (Å²) >= 11 is 0. The Kier molecular flexibility index (Phi) is 2.66. The summed E-state index contributed by atoms with van der Waals surface area (Å²) in [6.45, 7) is 0. The maximum Gasteiger partial charge on any atom is 0.134 e. The molecule has 4 heteroatoms. The largest absolute Gasteiger partial charge is 0.490 e. The van der Waals surface area contributed by atoms with Gasteiger partial charge in [-0.25, -0.2) is 4.98 Å². The Balaban J connectivity index is 2.23. The van der Waals surface area contributed by atoms with Crippen LogP contribution < -0.4 is 15.0 Å². The van der Waals surface area contributed by atoms with Gasteiger partial charge in [-0.15, -0.1) is 0 Å². The number of rotatable bonds is 4. The van der Waals surface area contributed by atoms with Crippen LogP contribution in [-0.4, -0.2) is 32.2 Å². The smallest absolute Gasteiger partial charge is 0.134 e. The lowest BCUT2D eigenvalue weighted by Crippen LogP contribution is -2.12. The van der Waals surface area contributed by atoms with Gasteiger partial charge in [0.2, 0.25) is 0 Å². The topological polar surface area (TPSA) is 37.4 Å². The van der Waals surface area contributed by atoms with Crippen LogP contribution in [0.2, 0.25) is 0 Å². The van der Waals surface area contributed by atoms with E-state index in [0.29, 0.717) is 6.10 Å². The van der Waals surface area contributed by atoms with Crippen molar-refractivity contribution in [2.45, 2.75) is 18.9 Å². The normalized spacial score (nSPS) is 14.9. The van der Waals surface area contributed by atoms with Crippen LogP contribution in [-0.2, 0) is 0 Å². The molecule has 0 atom stereocenters. The SMILES string of the molecule is CNc1cc(OC2CC2)cc(N(C)C)n1. The highest BCUT2D eigenvalue weighted by molar-refractivity contribution is 5.52. The summed E-state index contributed by atoms with van der Waals surface area (Å²) in [4.78, 5) is 6.39. The van der Waals surface area contributed by atoms with Crippen molar-refractivity contribution in [3.05, 3.63) is 12.1 Å². The third-order valence-electron chi connectivity index (χ3n) is 2.33. The third kappa shape index (κ3) is 2.52. The molecule has 0 spiro atoms. The zero-order valence-electron chi connectivity index (χ0n) is 9.45. The number of nitrogens with one attached hydrogen (secondary N) is 1. The standard InChI is InChI=1S/C11H17N3O/c1-12-10-6-9(15-8-4-5-8)7-11(13-10)14(2)3/h6-8H,4-5H2,1-3H3,(H,12,13). The minimum absolute atomic E-state index is 0.423. The van der Waals surface area contributed by atoms with Crippen molar-refractivity contribution in [1.29, 1.82) is 0 Å². The molecule has 0 aliphatic heterocycles. The molecule has 1 fully saturated rings. The van der Waals surface area contributed by atoms with E-state index in [4.69, 9.17) is 4.74 Å². The Morgan fingerprint density at radius 2 is 2.13 bits per heavy atom. The zero-order chi connectivity index (χ0) is 10.8. The maximum atomic E-state index is 5.75. The Morgan fingerprint density at radius 1 is 1.40 bits per heavy atom. The fourth-order valence-electron chi connectivity index (χ4n) is 1.30. The molecule has 0 radical (unpaired) electrons. The Labute approximate surface area is 90.3 Å². The second kappa shape index (κ2) is 3.96. The molecule has 4 nitrogen and oxygen atoms in total. The highest BCUT2D eigenvalue weighted by atomic mass is 16.5. The van der Waals surface area contributed by atoms with Gasteiger partial charge in [0, 0.05) is 33.3 Å². The van der Waals surface area contributed by atoms with Gasteiger partial charge in [-0.2, -0.15) is 0 Å². The minimum atomic E-state index is 0.423. The molecule has 1 N–H and O–H groups in total. The predicted molar refractivity (Wildman–Crippen MR) is 61.8 cm³/mol. The van der Waals surface area contributed by atoms with Gasteiger partial charge >= 0.3 is 0 Å². The van der Waals surface area contributed by atoms with Crippen LogP contribution in [0.1, 0.15) is 12.8 Å². The molecule has 1 aliphatic rings. The highest BCUT2D eigenvalue weighted by Crippen LogP contribution is 2.29. The van der Waals surface area contributed by atoms with E-state index in [1.54, 1.807) is 0 Å². The molecular formula is C11H17N3O. The Bertz CT molecular complexity index is 348. The molecule has 1 aromatic heterocycles. The first-order chi connectivity index (χ1) is 7.19. The van der Waals surface area contributed by atoms with Crippen LogP contribution >= 0.6 is 0 Å². The lowest BCUT2D eigenvalue weighted by molar-refractivity contribution is 0.303. The van der Waals surface area contributed by atoms with Crippen LogP contribution in [0.5, 0.6) is 5.75 Å². The van der Waals surface area contributed by atoms with Crippen LogP contribution in [0, 0.1) is 0 Å². The van der Waals surface area contributed by atoms with Crippen molar-refractivity contribution in [2.24, 2.45) is 0 Å². The van der Waals surface area contributed by atoms with Crippen molar-refractivity contribution in [2.75, 3.05) is 31.4 Å². The third-order valence-corrected chi connectivity index (χ3v) is 2.33. The van der Waals surface area contributed by atoms with E-state index in [1.807, 2.05) is 38.2 Å². The molecule has 1 aliphatic carbocycles. The minimum Gasteiger partial charge on any atom is -0.490 e. The summed E-state index contributed by atoms with van der Waals surface area (Å²) in [6, 6.07) is 3.91. The molecule has 0 amide bonds. The van der Waals surface area contributed by atoms with E-state index in [9.17, 15) is 0 Å². The first-order valence-electron chi connectivity index (χ1n) is 5.23. The molecule has 0 bridgehead atoms. The lowest BCUT2D eigenvalue weighted by atomic mass is 10.4. The van der Waals surface area contributed by atoms with Crippen LogP contribution in [0.15, 0.2) is 12.1 Å². The van der Waals surface area contributed by atoms with Crippen LogP contribution in [0.4, 0.5) is 11.6 Å². The molecule has 82 valence electrons. The second-order valence-electron chi connectivity index (χ2n) is 4.01. The van der Waals surface area contributed by atoms with Crippen LogP contribution in [0.3, 0.4) is 0 Å². The molecule has 0 saturated heterocycles. The molecule has 0 aromatic carbocycles. The van der Waals surface area contributed by atoms with E-state index < -0.39 is 0 Å². The number of hydrogen-bond acceptors (Lipinski definition) is 4. The Morgan fingerprint density at radius 3 is 2.67 bits per heavy atom. The van der Waals surface area contributed by atoms with Crippen molar-refractivity contribution >= 4 is 11.6 Å². The first kappa shape index (κ1) is 10.1. The van der Waals surface area contributed by atoms with Crippen molar-refractivity contribution in [3.8, 4) is 5.75 Å². The molecule has 2 rings (SSSR count). The molecule has 1 heterocycles. The monoisotopic (exact) mass is 207 g/mol. The second-order valence-corrected chi connectivity index (χ2v) is 4.01. The zero-order valence-corrected chi connectivity index (χ0v) is 9.45. The average Bonchev–Trinajstić information content (AvgIpc) is 3.01. The summed E-state index contributed by atoms with van der Waals surface area (Å²) in [5, 5.41) is 3.04. The van der Waals surface area contributed by atoms with E-state index >= 15 is 0 Å². The number of nitrogens with zero attached hydrogens (tertiary/aromatic N) is 2. The fourth-order valence-corrected chi connectivity index (χ4v) is 1.30. The van der Waals surface area contributed by atoms with Gasteiger partial charge in [0.25, 0.3) is 0 Å². The Hall–Kier alpha value is -1.45. The van der Waals surface area contributed by atoms with Gasteiger partial charge < -0.3 is 15.0 Å². The molecule has 1 saturated carbocycles. The van der Waals surface area contributed by atoms with Crippen molar-refractivity contribution in [3.63, 3.8) is 0 Å². The van der Waals surface area contributed by atoms with Gasteiger partial charge in [-0.1, -0.05) is 0 Å². The number of hydrogen-bond donors (Lipinski definition) is 1. The summed E-state index contributed by atoms with van der Waals surface area (Å²) < 4.78 is 5.75. The molecule has 0 unspecified atom stereocenters. The van der Waals surface area contributed by atoms with E-state index in [1.165, 1.54) is 12.8 Å². The summed E-state index contributed by atoms with van der Waals surface area (Å²) in [5.74, 6) is 2.66. The summed E-state index contributed by atoms with van der Waals surface area (Å²) in [5.41, 5.74) is 0. The molecule has 1 aromatic rings. The first-order valence-corrected chi connectivity index (χ1v) is 5.23. The highest BCUT2D eigenvalue weighted by Gasteiger charge is 2.23. The van der Waals surface area contributed by atoms with E-state index in [0.717, 1.165) is 17.4 Å². The van der Waals surface area contributed by atoms with Gasteiger partial charge in [0.15, 0.2) is 0 Å². The van der Waals surface area contributed by atoms with E-state index in [2.05, 4.69) is 10.3 Å². The average molecular weight is 207 g/mol. The van der Waals surface area contributed by atoms with Gasteiger partial charge in [0.1, 0.15) is 17.4 Å². The number of aromatic nitrogens is 1. The van der Waals surface area contributed by atoms with E-state index in [-0.39, 0.29) is 0 Å². The van der Waals surface area contributed by atoms with Gasteiger partial charge in [0.05, 0.1) is 6.10 Å². The quantitative estimate of drug-likeness (QED) is 0.816. The number of ether oxygens (including phenoxy) is 1. The summed E-state index contributed by atoms with van der Waals surface area (Å²) in [6.07, 6.45) is 2.77. The maximum absolute atomic E-state index is 5.75. The van der Waals surface area contributed by atoms with Gasteiger partial charge in [-0.3, -0.25) is 0 Å². The van der Waals surface area contributed by atoms with Crippen LogP contribution in [0.25, 0.3) is 0 Å². The molecular weight excluding hydrogens is 190 g/mol. The number of pyridine rings is 1. The van der Waals surface area contributed by atoms with Crippen molar-refractivity contribution in [1.82, 2.24) is 4.98 Å². The summed E-state index contributed by atoms with van der Waals surface area (Å²) in [7, 11) is 5.81. The van der Waals surface area contributed by atoms with Gasteiger partial charge in [-0.05, 0) is 12.8 Å². The van der Waals surface area contributed by atoms with Crippen molar-refractivity contribution < 1.29 is 4.74 Å². The molecule has 15 heavy (non-hydrogen) atoms. The number of anilines is 2.